The Kier molecular flexibility index (Phi) is 6.09. The fraction of sp³-hybridized carbons (Fsp3) is 0.174. The molecule has 0 bridgehead atoms. The van der Waals surface area contributed by atoms with Gasteiger partial charge in [0.05, 0.1) is 16.1 Å². The van der Waals surface area contributed by atoms with E-state index in [2.05, 4.69) is 0 Å². The SMILES string of the molecule is CC(C)Oc1cccc(-c2ccc(C(N)(C=O)c3ccc(Cl)c(Cl)c3)cc2)c1. The summed E-state index contributed by atoms with van der Waals surface area (Å²) in [5.74, 6) is 0.813. The molecular weight excluding hydrogens is 393 g/mol. The van der Waals surface area contributed by atoms with Gasteiger partial charge in [-0.3, -0.25) is 0 Å². The molecule has 3 nitrogen and oxygen atoms in total. The molecule has 0 spiro atoms. The van der Waals surface area contributed by atoms with Gasteiger partial charge < -0.3 is 15.3 Å². The molecule has 1 unspecified atom stereocenters. The van der Waals surface area contributed by atoms with Gasteiger partial charge in [0.1, 0.15) is 17.6 Å². The molecular formula is C23H21Cl2NO2. The lowest BCUT2D eigenvalue weighted by molar-refractivity contribution is -0.111. The molecule has 3 aromatic carbocycles. The zero-order valence-electron chi connectivity index (χ0n) is 15.7. The first kappa shape index (κ1) is 20.4. The molecule has 3 rings (SSSR count). The summed E-state index contributed by atoms with van der Waals surface area (Å²) in [6, 6.07) is 20.4. The summed E-state index contributed by atoms with van der Waals surface area (Å²) >= 11 is 12.1. The predicted octanol–water partition coefficient (Wildman–Crippen LogP) is 5.85. The fourth-order valence-corrected chi connectivity index (χ4v) is 3.31. The van der Waals surface area contributed by atoms with E-state index >= 15 is 0 Å². The van der Waals surface area contributed by atoms with Crippen molar-refractivity contribution >= 4 is 29.5 Å². The molecule has 0 saturated heterocycles. The Hall–Kier alpha value is -2.33. The van der Waals surface area contributed by atoms with Crippen molar-refractivity contribution in [3.63, 3.8) is 0 Å². The minimum absolute atomic E-state index is 0.106. The van der Waals surface area contributed by atoms with Crippen molar-refractivity contribution in [3.8, 4) is 16.9 Å². The van der Waals surface area contributed by atoms with E-state index in [1.807, 2.05) is 62.4 Å². The molecule has 0 aromatic heterocycles. The summed E-state index contributed by atoms with van der Waals surface area (Å²) in [5, 5.41) is 0.770. The summed E-state index contributed by atoms with van der Waals surface area (Å²) in [5.41, 5.74) is 8.39. The van der Waals surface area contributed by atoms with Crippen molar-refractivity contribution in [3.05, 3.63) is 87.9 Å². The van der Waals surface area contributed by atoms with E-state index in [-0.39, 0.29) is 6.10 Å². The molecule has 0 radical (unpaired) electrons. The zero-order chi connectivity index (χ0) is 20.3. The van der Waals surface area contributed by atoms with Gasteiger partial charge in [0, 0.05) is 0 Å². The third kappa shape index (κ3) is 4.22. The topological polar surface area (TPSA) is 52.3 Å². The molecule has 1 atom stereocenters. The van der Waals surface area contributed by atoms with Gasteiger partial charge in [-0.15, -0.1) is 0 Å². The van der Waals surface area contributed by atoms with Crippen LogP contribution in [0.15, 0.2) is 66.7 Å². The Bertz CT molecular complexity index is 986. The van der Waals surface area contributed by atoms with Crippen molar-refractivity contribution in [1.82, 2.24) is 0 Å². The van der Waals surface area contributed by atoms with Gasteiger partial charge in [0.25, 0.3) is 0 Å². The maximum absolute atomic E-state index is 11.9. The minimum Gasteiger partial charge on any atom is -0.491 e. The van der Waals surface area contributed by atoms with Crippen LogP contribution in [0.25, 0.3) is 11.1 Å². The van der Waals surface area contributed by atoms with Crippen molar-refractivity contribution in [2.24, 2.45) is 5.73 Å². The van der Waals surface area contributed by atoms with Crippen LogP contribution >= 0.6 is 23.2 Å². The molecule has 0 aliphatic rings. The molecule has 0 amide bonds. The molecule has 2 N–H and O–H groups in total. The number of ether oxygens (including phenoxy) is 1. The van der Waals surface area contributed by atoms with E-state index in [9.17, 15) is 4.79 Å². The number of rotatable bonds is 6. The Labute approximate surface area is 175 Å². The number of aldehydes is 1. The monoisotopic (exact) mass is 413 g/mol. The first-order valence-electron chi connectivity index (χ1n) is 8.92. The van der Waals surface area contributed by atoms with Crippen LogP contribution in [0.4, 0.5) is 0 Å². The van der Waals surface area contributed by atoms with Gasteiger partial charge >= 0.3 is 0 Å². The Morgan fingerprint density at radius 1 is 0.893 bits per heavy atom. The number of carbonyl (C=O) groups is 1. The van der Waals surface area contributed by atoms with E-state index in [0.717, 1.165) is 23.2 Å². The standard InChI is InChI=1S/C23H21Cl2NO2/c1-15(2)28-20-5-3-4-17(12-20)16-6-8-18(9-7-16)23(26,14-27)19-10-11-21(24)22(25)13-19/h3-15H,26H2,1-2H3. The highest BCUT2D eigenvalue weighted by atomic mass is 35.5. The van der Waals surface area contributed by atoms with Crippen molar-refractivity contribution in [1.29, 1.82) is 0 Å². The lowest BCUT2D eigenvalue weighted by Crippen LogP contribution is -2.39. The van der Waals surface area contributed by atoms with Gasteiger partial charge in [0.2, 0.25) is 0 Å². The number of nitrogens with two attached hydrogens (primary N) is 1. The van der Waals surface area contributed by atoms with Crippen molar-refractivity contribution in [2.45, 2.75) is 25.5 Å². The fourth-order valence-electron chi connectivity index (χ4n) is 3.02. The molecule has 0 heterocycles. The molecule has 28 heavy (non-hydrogen) atoms. The highest BCUT2D eigenvalue weighted by molar-refractivity contribution is 6.42. The van der Waals surface area contributed by atoms with Crippen LogP contribution < -0.4 is 10.5 Å². The van der Waals surface area contributed by atoms with E-state index in [0.29, 0.717) is 21.2 Å². The highest BCUT2D eigenvalue weighted by Crippen LogP contribution is 2.32. The second-order valence-corrected chi connectivity index (χ2v) is 7.70. The third-order valence-corrected chi connectivity index (χ3v) is 5.22. The quantitative estimate of drug-likeness (QED) is 0.515. The Morgan fingerprint density at radius 2 is 1.57 bits per heavy atom. The van der Waals surface area contributed by atoms with Crippen LogP contribution in [-0.2, 0) is 10.3 Å². The molecule has 0 fully saturated rings. The summed E-state index contributed by atoms with van der Waals surface area (Å²) in [6.07, 6.45) is 0.827. The first-order chi connectivity index (χ1) is 13.3. The number of halogens is 2. The summed E-state index contributed by atoms with van der Waals surface area (Å²) in [6.45, 7) is 3.98. The molecule has 0 aliphatic carbocycles. The normalized spacial score (nSPS) is 13.2. The summed E-state index contributed by atoms with van der Waals surface area (Å²) in [4.78, 5) is 11.9. The van der Waals surface area contributed by atoms with Crippen molar-refractivity contribution < 1.29 is 9.53 Å². The number of hydrogen-bond donors (Lipinski definition) is 1. The second kappa shape index (κ2) is 8.36. The molecule has 3 aromatic rings. The van der Waals surface area contributed by atoms with E-state index < -0.39 is 5.54 Å². The molecule has 0 aliphatic heterocycles. The highest BCUT2D eigenvalue weighted by Gasteiger charge is 2.29. The predicted molar refractivity (Wildman–Crippen MR) is 115 cm³/mol. The van der Waals surface area contributed by atoms with Gasteiger partial charge in [-0.05, 0) is 60.4 Å². The second-order valence-electron chi connectivity index (χ2n) is 6.89. The molecule has 0 saturated carbocycles. The van der Waals surface area contributed by atoms with E-state index in [1.54, 1.807) is 18.2 Å². The van der Waals surface area contributed by atoms with Crippen LogP contribution in [0.1, 0.15) is 25.0 Å². The largest absolute Gasteiger partial charge is 0.491 e. The maximum atomic E-state index is 11.9. The van der Waals surface area contributed by atoms with Gasteiger partial charge in [-0.2, -0.15) is 0 Å². The Morgan fingerprint density at radius 3 is 2.18 bits per heavy atom. The van der Waals surface area contributed by atoms with E-state index in [1.165, 1.54) is 0 Å². The lowest BCUT2D eigenvalue weighted by atomic mass is 9.84. The minimum atomic E-state index is -1.31. The van der Waals surface area contributed by atoms with Crippen LogP contribution in [0, 0.1) is 0 Å². The molecule has 5 heteroatoms. The average Bonchev–Trinajstić information content (AvgIpc) is 2.69. The number of hydrogen-bond acceptors (Lipinski definition) is 3. The van der Waals surface area contributed by atoms with Crippen LogP contribution in [0.5, 0.6) is 5.75 Å². The van der Waals surface area contributed by atoms with Gasteiger partial charge in [-0.1, -0.05) is 65.7 Å². The number of carbonyl (C=O) groups excluding carboxylic acids is 1. The van der Waals surface area contributed by atoms with Crippen molar-refractivity contribution in [2.75, 3.05) is 0 Å². The van der Waals surface area contributed by atoms with Gasteiger partial charge in [0.15, 0.2) is 0 Å². The first-order valence-corrected chi connectivity index (χ1v) is 9.67. The summed E-state index contributed by atoms with van der Waals surface area (Å²) < 4.78 is 5.76. The maximum Gasteiger partial charge on any atom is 0.148 e. The van der Waals surface area contributed by atoms with Crippen LogP contribution in [-0.4, -0.2) is 12.4 Å². The summed E-state index contributed by atoms with van der Waals surface area (Å²) in [7, 11) is 0. The average molecular weight is 414 g/mol. The van der Waals surface area contributed by atoms with Crippen LogP contribution in [0.2, 0.25) is 10.0 Å². The van der Waals surface area contributed by atoms with E-state index in [4.69, 9.17) is 33.7 Å². The van der Waals surface area contributed by atoms with Gasteiger partial charge in [-0.25, -0.2) is 0 Å². The number of benzene rings is 3. The smallest absolute Gasteiger partial charge is 0.148 e. The Balaban J connectivity index is 1.94. The van der Waals surface area contributed by atoms with Crippen LogP contribution in [0.3, 0.4) is 0 Å². The zero-order valence-corrected chi connectivity index (χ0v) is 17.2. The molecule has 144 valence electrons. The third-order valence-electron chi connectivity index (χ3n) is 4.48. The lowest BCUT2D eigenvalue weighted by Gasteiger charge is -2.25.